The van der Waals surface area contributed by atoms with Gasteiger partial charge in [-0.1, -0.05) is 13.3 Å². The van der Waals surface area contributed by atoms with E-state index in [1.165, 1.54) is 25.7 Å². The molecular formula is C11H21NO. The van der Waals surface area contributed by atoms with Gasteiger partial charge in [-0.25, -0.2) is 0 Å². The smallest absolute Gasteiger partial charge is 0.0674 e. The van der Waals surface area contributed by atoms with E-state index in [2.05, 4.69) is 18.7 Å². The zero-order valence-electron chi connectivity index (χ0n) is 8.83. The van der Waals surface area contributed by atoms with Gasteiger partial charge in [0, 0.05) is 18.6 Å². The first-order valence-electron chi connectivity index (χ1n) is 5.68. The second-order valence-corrected chi connectivity index (χ2v) is 4.51. The van der Waals surface area contributed by atoms with E-state index in [0.717, 1.165) is 25.2 Å². The van der Waals surface area contributed by atoms with E-state index in [1.54, 1.807) is 0 Å². The van der Waals surface area contributed by atoms with Crippen LogP contribution in [0, 0.1) is 0 Å². The third-order valence-electron chi connectivity index (χ3n) is 3.43. The average Bonchev–Trinajstić information content (AvgIpc) is 2.49. The topological polar surface area (TPSA) is 12.5 Å². The van der Waals surface area contributed by atoms with Crippen molar-refractivity contribution in [3.8, 4) is 0 Å². The van der Waals surface area contributed by atoms with Crippen LogP contribution >= 0.6 is 0 Å². The van der Waals surface area contributed by atoms with Crippen LogP contribution in [0.25, 0.3) is 0 Å². The molecule has 2 rings (SSSR count). The van der Waals surface area contributed by atoms with Crippen LogP contribution in [-0.2, 0) is 4.74 Å². The van der Waals surface area contributed by atoms with Gasteiger partial charge in [0.1, 0.15) is 0 Å². The summed E-state index contributed by atoms with van der Waals surface area (Å²) in [5.74, 6) is 0. The summed E-state index contributed by atoms with van der Waals surface area (Å²) in [6.45, 7) is 6.62. The maximum Gasteiger partial charge on any atom is 0.0674 e. The van der Waals surface area contributed by atoms with Crippen molar-refractivity contribution in [3.05, 3.63) is 0 Å². The normalized spacial score (nSPS) is 40.6. The van der Waals surface area contributed by atoms with Crippen molar-refractivity contribution in [3.63, 3.8) is 0 Å². The van der Waals surface area contributed by atoms with Gasteiger partial charge in [0.15, 0.2) is 0 Å². The van der Waals surface area contributed by atoms with Crippen LogP contribution in [0.3, 0.4) is 0 Å². The van der Waals surface area contributed by atoms with Gasteiger partial charge >= 0.3 is 0 Å². The molecule has 0 aromatic heterocycles. The van der Waals surface area contributed by atoms with Gasteiger partial charge in [-0.2, -0.15) is 0 Å². The number of fused-ring (bicyclic) bond motifs is 1. The Morgan fingerprint density at radius 1 is 1.38 bits per heavy atom. The maximum absolute atomic E-state index is 5.68. The molecule has 76 valence electrons. The quantitative estimate of drug-likeness (QED) is 0.649. The van der Waals surface area contributed by atoms with Crippen molar-refractivity contribution in [1.29, 1.82) is 0 Å². The first-order valence-corrected chi connectivity index (χ1v) is 5.68. The number of hydrogen-bond acceptors (Lipinski definition) is 2. The number of nitrogens with zero attached hydrogens (tertiary/aromatic N) is 1. The minimum Gasteiger partial charge on any atom is -0.376 e. The summed E-state index contributed by atoms with van der Waals surface area (Å²) in [5, 5.41) is 0. The van der Waals surface area contributed by atoms with Crippen LogP contribution < -0.4 is 0 Å². The molecule has 0 amide bonds. The number of rotatable bonds is 2. The first kappa shape index (κ1) is 9.47. The minimum absolute atomic E-state index is 0.453. The molecule has 0 saturated carbocycles. The highest BCUT2D eigenvalue weighted by atomic mass is 16.5. The van der Waals surface area contributed by atoms with Gasteiger partial charge in [0.05, 0.1) is 12.7 Å². The van der Waals surface area contributed by atoms with E-state index >= 15 is 0 Å². The summed E-state index contributed by atoms with van der Waals surface area (Å²) < 4.78 is 5.68. The molecular weight excluding hydrogens is 162 g/mol. The third-order valence-corrected chi connectivity index (χ3v) is 3.43. The first-order chi connectivity index (χ1) is 6.31. The fraction of sp³-hybridized carbons (Fsp3) is 1.00. The highest BCUT2D eigenvalue weighted by molar-refractivity contribution is 4.90. The molecule has 0 bridgehead atoms. The Balaban J connectivity index is 1.94. The van der Waals surface area contributed by atoms with Crippen LogP contribution in [0.2, 0.25) is 0 Å². The Bertz CT molecular complexity index is 171. The molecule has 0 spiro atoms. The standard InChI is InChI=1S/C11H21NO/c1-3-4-10-5-6-11-8-13-9(2)7-12(10)11/h9-11H,3-8H2,1-2H3/t9-,10?,11?/m1/s1. The van der Waals surface area contributed by atoms with Gasteiger partial charge in [-0.05, 0) is 26.2 Å². The number of ether oxygens (including phenoxy) is 1. The fourth-order valence-corrected chi connectivity index (χ4v) is 2.76. The predicted octanol–water partition coefficient (Wildman–Crippen LogP) is 2.04. The lowest BCUT2D eigenvalue weighted by Gasteiger charge is -2.37. The van der Waals surface area contributed by atoms with E-state index in [1.807, 2.05) is 0 Å². The molecule has 0 aliphatic carbocycles. The van der Waals surface area contributed by atoms with E-state index < -0.39 is 0 Å². The summed E-state index contributed by atoms with van der Waals surface area (Å²) >= 11 is 0. The van der Waals surface area contributed by atoms with Crippen molar-refractivity contribution in [2.75, 3.05) is 13.2 Å². The number of hydrogen-bond donors (Lipinski definition) is 0. The molecule has 3 atom stereocenters. The van der Waals surface area contributed by atoms with Gasteiger partial charge in [-0.3, -0.25) is 4.90 Å². The zero-order chi connectivity index (χ0) is 9.26. The monoisotopic (exact) mass is 183 g/mol. The molecule has 2 saturated heterocycles. The largest absolute Gasteiger partial charge is 0.376 e. The Kier molecular flexibility index (Phi) is 2.89. The Hall–Kier alpha value is -0.0800. The van der Waals surface area contributed by atoms with Gasteiger partial charge < -0.3 is 4.74 Å². The van der Waals surface area contributed by atoms with E-state index in [4.69, 9.17) is 4.74 Å². The zero-order valence-corrected chi connectivity index (χ0v) is 8.83. The Morgan fingerprint density at radius 2 is 2.23 bits per heavy atom. The molecule has 2 heteroatoms. The molecule has 2 aliphatic rings. The fourth-order valence-electron chi connectivity index (χ4n) is 2.76. The van der Waals surface area contributed by atoms with Gasteiger partial charge in [0.2, 0.25) is 0 Å². The van der Waals surface area contributed by atoms with E-state index in [9.17, 15) is 0 Å². The van der Waals surface area contributed by atoms with Crippen LogP contribution in [0.4, 0.5) is 0 Å². The molecule has 0 aromatic carbocycles. The molecule has 2 nitrogen and oxygen atoms in total. The molecule has 2 heterocycles. The van der Waals surface area contributed by atoms with Crippen LogP contribution in [0.1, 0.15) is 39.5 Å². The second-order valence-electron chi connectivity index (χ2n) is 4.51. The number of morpholine rings is 1. The molecule has 2 unspecified atom stereocenters. The van der Waals surface area contributed by atoms with Crippen molar-refractivity contribution < 1.29 is 4.74 Å². The van der Waals surface area contributed by atoms with Crippen molar-refractivity contribution >= 4 is 0 Å². The Labute approximate surface area is 81.3 Å². The molecule has 2 fully saturated rings. The summed E-state index contributed by atoms with van der Waals surface area (Å²) in [7, 11) is 0. The van der Waals surface area contributed by atoms with E-state index in [0.29, 0.717) is 6.10 Å². The van der Waals surface area contributed by atoms with Crippen LogP contribution in [0.5, 0.6) is 0 Å². The lowest BCUT2D eigenvalue weighted by atomic mass is 10.1. The minimum atomic E-state index is 0.453. The highest BCUT2D eigenvalue weighted by Gasteiger charge is 2.36. The average molecular weight is 183 g/mol. The molecule has 0 radical (unpaired) electrons. The summed E-state index contributed by atoms with van der Waals surface area (Å²) in [5.41, 5.74) is 0. The SMILES string of the molecule is CCCC1CCC2CO[C@H](C)CN12. The summed E-state index contributed by atoms with van der Waals surface area (Å²) in [6.07, 6.45) is 5.91. The van der Waals surface area contributed by atoms with E-state index in [-0.39, 0.29) is 0 Å². The van der Waals surface area contributed by atoms with Gasteiger partial charge in [0.25, 0.3) is 0 Å². The predicted molar refractivity (Wildman–Crippen MR) is 53.8 cm³/mol. The lowest BCUT2D eigenvalue weighted by Crippen LogP contribution is -2.48. The van der Waals surface area contributed by atoms with Crippen LogP contribution in [-0.4, -0.2) is 36.2 Å². The molecule has 0 aromatic rings. The maximum atomic E-state index is 5.68. The van der Waals surface area contributed by atoms with Gasteiger partial charge in [-0.15, -0.1) is 0 Å². The van der Waals surface area contributed by atoms with Crippen molar-refractivity contribution in [2.45, 2.75) is 57.7 Å². The van der Waals surface area contributed by atoms with Crippen LogP contribution in [0.15, 0.2) is 0 Å². The van der Waals surface area contributed by atoms with Crippen molar-refractivity contribution in [2.24, 2.45) is 0 Å². The Morgan fingerprint density at radius 3 is 3.00 bits per heavy atom. The molecule has 0 N–H and O–H groups in total. The molecule has 13 heavy (non-hydrogen) atoms. The second kappa shape index (κ2) is 3.97. The summed E-state index contributed by atoms with van der Waals surface area (Å²) in [4.78, 5) is 2.69. The lowest BCUT2D eigenvalue weighted by molar-refractivity contribution is -0.0519. The molecule has 2 aliphatic heterocycles. The third kappa shape index (κ3) is 1.89. The van der Waals surface area contributed by atoms with Crippen molar-refractivity contribution in [1.82, 2.24) is 4.90 Å². The summed E-state index contributed by atoms with van der Waals surface area (Å²) in [6, 6.07) is 1.61. The highest BCUT2D eigenvalue weighted by Crippen LogP contribution is 2.30.